The maximum atomic E-state index is 12.1. The van der Waals surface area contributed by atoms with Crippen molar-refractivity contribution < 1.29 is 14.3 Å². The second kappa shape index (κ2) is 8.45. The fourth-order valence-electron chi connectivity index (χ4n) is 1.95. The fourth-order valence-corrected chi connectivity index (χ4v) is 2.22. The van der Waals surface area contributed by atoms with E-state index in [1.54, 1.807) is 19.1 Å². The highest BCUT2D eigenvalue weighted by Crippen LogP contribution is 2.14. The molecule has 124 valence electrons. The molecule has 2 aromatic carbocycles. The molecule has 1 atom stereocenters. The van der Waals surface area contributed by atoms with Gasteiger partial charge in [0, 0.05) is 16.2 Å². The molecule has 5 heteroatoms. The smallest absolute Gasteiger partial charge is 0.331 e. The second-order valence-electron chi connectivity index (χ2n) is 5.27. The summed E-state index contributed by atoms with van der Waals surface area (Å²) in [6.07, 6.45) is 2.06. The van der Waals surface area contributed by atoms with Gasteiger partial charge >= 0.3 is 5.97 Å². The highest BCUT2D eigenvalue weighted by atomic mass is 79.9. The lowest BCUT2D eigenvalue weighted by Crippen LogP contribution is -2.29. The number of halogens is 1. The Morgan fingerprint density at radius 3 is 2.46 bits per heavy atom. The van der Waals surface area contributed by atoms with E-state index in [2.05, 4.69) is 21.2 Å². The number of esters is 1. The number of hydrogen-bond acceptors (Lipinski definition) is 3. The van der Waals surface area contributed by atoms with Crippen molar-refractivity contribution in [3.8, 4) is 0 Å². The van der Waals surface area contributed by atoms with Gasteiger partial charge in [-0.15, -0.1) is 0 Å². The number of para-hydroxylation sites is 1. The molecule has 0 fully saturated rings. The molecule has 1 N–H and O–H groups in total. The van der Waals surface area contributed by atoms with Crippen molar-refractivity contribution in [2.45, 2.75) is 20.0 Å². The van der Waals surface area contributed by atoms with Crippen LogP contribution in [0.3, 0.4) is 0 Å². The van der Waals surface area contributed by atoms with Crippen LogP contribution in [0.5, 0.6) is 0 Å². The molecule has 2 aromatic rings. The number of benzene rings is 2. The van der Waals surface area contributed by atoms with Crippen molar-refractivity contribution in [3.63, 3.8) is 0 Å². The summed E-state index contributed by atoms with van der Waals surface area (Å²) in [5.41, 5.74) is 2.52. The Bertz CT molecular complexity index is 753. The van der Waals surface area contributed by atoms with Gasteiger partial charge in [-0.1, -0.05) is 46.3 Å². The summed E-state index contributed by atoms with van der Waals surface area (Å²) in [6.45, 7) is 3.44. The minimum atomic E-state index is -0.883. The zero-order valence-electron chi connectivity index (χ0n) is 13.5. The quantitative estimate of drug-likeness (QED) is 0.613. The van der Waals surface area contributed by atoms with E-state index in [1.165, 1.54) is 6.08 Å². The molecule has 2 rings (SSSR count). The highest BCUT2D eigenvalue weighted by Gasteiger charge is 2.17. The zero-order valence-corrected chi connectivity index (χ0v) is 15.0. The lowest BCUT2D eigenvalue weighted by molar-refractivity contribution is -0.148. The Balaban J connectivity index is 1.90. The van der Waals surface area contributed by atoms with Crippen molar-refractivity contribution >= 4 is 39.6 Å². The molecule has 0 spiro atoms. The van der Waals surface area contributed by atoms with Crippen molar-refractivity contribution in [1.29, 1.82) is 0 Å². The van der Waals surface area contributed by atoms with Gasteiger partial charge in [0.2, 0.25) is 0 Å². The summed E-state index contributed by atoms with van der Waals surface area (Å²) in [6, 6.07) is 14.9. The number of carbonyl (C=O) groups is 2. The van der Waals surface area contributed by atoms with Crippen LogP contribution in [-0.2, 0) is 14.3 Å². The van der Waals surface area contributed by atoms with Gasteiger partial charge < -0.3 is 10.1 Å². The van der Waals surface area contributed by atoms with E-state index < -0.39 is 12.1 Å². The molecule has 24 heavy (non-hydrogen) atoms. The topological polar surface area (TPSA) is 55.4 Å². The number of aryl methyl sites for hydroxylation is 1. The zero-order chi connectivity index (χ0) is 17.5. The summed E-state index contributed by atoms with van der Waals surface area (Å²) in [4.78, 5) is 23.9. The Labute approximate surface area is 149 Å². The molecule has 0 aliphatic heterocycles. The van der Waals surface area contributed by atoms with Gasteiger partial charge in [-0.05, 0) is 49.2 Å². The second-order valence-corrected chi connectivity index (χ2v) is 6.18. The van der Waals surface area contributed by atoms with Crippen molar-refractivity contribution in [2.24, 2.45) is 0 Å². The third kappa shape index (κ3) is 5.35. The van der Waals surface area contributed by atoms with Gasteiger partial charge in [0.05, 0.1) is 0 Å². The van der Waals surface area contributed by atoms with Gasteiger partial charge in [-0.3, -0.25) is 4.79 Å². The number of anilines is 1. The van der Waals surface area contributed by atoms with Crippen LogP contribution in [0.1, 0.15) is 18.1 Å². The average Bonchev–Trinajstić information content (AvgIpc) is 2.56. The van der Waals surface area contributed by atoms with Gasteiger partial charge in [-0.25, -0.2) is 4.79 Å². The molecule has 0 saturated carbocycles. The van der Waals surface area contributed by atoms with E-state index >= 15 is 0 Å². The van der Waals surface area contributed by atoms with Crippen LogP contribution in [0.4, 0.5) is 5.69 Å². The number of amides is 1. The lowest BCUT2D eigenvalue weighted by atomic mass is 10.2. The first-order chi connectivity index (χ1) is 11.5. The molecule has 1 amide bonds. The minimum absolute atomic E-state index is 0.366. The van der Waals surface area contributed by atoms with Crippen LogP contribution in [0, 0.1) is 6.92 Å². The third-order valence-electron chi connectivity index (χ3n) is 3.35. The Kier molecular flexibility index (Phi) is 6.32. The van der Waals surface area contributed by atoms with Gasteiger partial charge in [0.15, 0.2) is 6.10 Å². The standard InChI is InChI=1S/C19H18BrNO3/c1-13-5-3-4-6-17(13)21-19(23)14(2)24-18(22)12-9-15-7-10-16(20)11-8-15/h3-12,14H,1-2H3,(H,21,23)/b12-9+. The van der Waals surface area contributed by atoms with Crippen LogP contribution < -0.4 is 5.32 Å². The number of rotatable bonds is 5. The summed E-state index contributed by atoms with van der Waals surface area (Å²) < 4.78 is 6.08. The van der Waals surface area contributed by atoms with E-state index in [-0.39, 0.29) is 5.91 Å². The molecule has 4 nitrogen and oxygen atoms in total. The van der Waals surface area contributed by atoms with Crippen LogP contribution in [-0.4, -0.2) is 18.0 Å². The Morgan fingerprint density at radius 1 is 1.12 bits per heavy atom. The molecule has 0 radical (unpaired) electrons. The molecular weight excluding hydrogens is 370 g/mol. The first-order valence-corrected chi connectivity index (χ1v) is 8.26. The van der Waals surface area contributed by atoms with Gasteiger partial charge in [0.25, 0.3) is 5.91 Å². The molecule has 0 bridgehead atoms. The summed E-state index contributed by atoms with van der Waals surface area (Å²) in [7, 11) is 0. The summed E-state index contributed by atoms with van der Waals surface area (Å²) in [5.74, 6) is -0.931. The predicted molar refractivity (Wildman–Crippen MR) is 98.5 cm³/mol. The van der Waals surface area contributed by atoms with E-state index in [0.717, 1.165) is 15.6 Å². The number of ether oxygens (including phenoxy) is 1. The predicted octanol–water partition coefficient (Wildman–Crippen LogP) is 4.34. The average molecular weight is 388 g/mol. The maximum absolute atomic E-state index is 12.1. The van der Waals surface area contributed by atoms with E-state index in [4.69, 9.17) is 4.74 Å². The molecule has 0 aliphatic rings. The lowest BCUT2D eigenvalue weighted by Gasteiger charge is -2.13. The third-order valence-corrected chi connectivity index (χ3v) is 3.88. The largest absolute Gasteiger partial charge is 0.449 e. The molecule has 0 heterocycles. The van der Waals surface area contributed by atoms with Crippen LogP contribution >= 0.6 is 15.9 Å². The summed E-state index contributed by atoms with van der Waals surface area (Å²) in [5, 5.41) is 2.75. The fraction of sp³-hybridized carbons (Fsp3) is 0.158. The van der Waals surface area contributed by atoms with Crippen molar-refractivity contribution in [1.82, 2.24) is 0 Å². The van der Waals surface area contributed by atoms with Crippen LogP contribution in [0.15, 0.2) is 59.1 Å². The summed E-state index contributed by atoms with van der Waals surface area (Å²) >= 11 is 3.35. The SMILES string of the molecule is Cc1ccccc1NC(=O)C(C)OC(=O)/C=C/c1ccc(Br)cc1. The molecule has 0 aliphatic carbocycles. The van der Waals surface area contributed by atoms with Crippen LogP contribution in [0.2, 0.25) is 0 Å². The first kappa shape index (κ1) is 17.9. The molecular formula is C19H18BrNO3. The highest BCUT2D eigenvalue weighted by molar-refractivity contribution is 9.10. The normalized spacial score (nSPS) is 12.0. The monoisotopic (exact) mass is 387 g/mol. The van der Waals surface area contributed by atoms with Gasteiger partial charge in [0.1, 0.15) is 0 Å². The molecule has 0 saturated heterocycles. The minimum Gasteiger partial charge on any atom is -0.449 e. The van der Waals surface area contributed by atoms with Gasteiger partial charge in [-0.2, -0.15) is 0 Å². The van der Waals surface area contributed by atoms with E-state index in [9.17, 15) is 9.59 Å². The van der Waals surface area contributed by atoms with E-state index in [1.807, 2.05) is 49.4 Å². The molecule has 1 unspecified atom stereocenters. The van der Waals surface area contributed by atoms with Crippen LogP contribution in [0.25, 0.3) is 6.08 Å². The first-order valence-electron chi connectivity index (χ1n) is 7.46. The number of hydrogen-bond donors (Lipinski definition) is 1. The van der Waals surface area contributed by atoms with E-state index in [0.29, 0.717) is 5.69 Å². The van der Waals surface area contributed by atoms with Crippen molar-refractivity contribution in [2.75, 3.05) is 5.32 Å². The number of nitrogens with one attached hydrogen (secondary N) is 1. The molecule has 0 aromatic heterocycles. The Hall–Kier alpha value is -2.40. The van der Waals surface area contributed by atoms with Crippen molar-refractivity contribution in [3.05, 3.63) is 70.2 Å². The Morgan fingerprint density at radius 2 is 1.79 bits per heavy atom. The maximum Gasteiger partial charge on any atom is 0.331 e. The number of carbonyl (C=O) groups excluding carboxylic acids is 2.